The van der Waals surface area contributed by atoms with E-state index in [0.717, 1.165) is 0 Å². The van der Waals surface area contributed by atoms with Crippen molar-refractivity contribution in [1.29, 1.82) is 5.26 Å². The third-order valence-electron chi connectivity index (χ3n) is 4.47. The second-order valence-electron chi connectivity index (χ2n) is 7.36. The number of rotatable bonds is 6. The number of carbonyl (C=O) groups excluding carboxylic acids is 1. The quantitative estimate of drug-likeness (QED) is 0.736. The molecule has 1 aromatic heterocycles. The maximum Gasteiger partial charge on any atom is 0.288 e. The van der Waals surface area contributed by atoms with Crippen molar-refractivity contribution in [3.63, 3.8) is 0 Å². The topological polar surface area (TPSA) is 123 Å². The van der Waals surface area contributed by atoms with Crippen molar-refractivity contribution in [1.82, 2.24) is 4.98 Å². The number of hydrogen-bond donors (Lipinski definition) is 2. The maximum atomic E-state index is 14.7. The first-order chi connectivity index (χ1) is 14.7. The lowest BCUT2D eigenvalue weighted by Crippen LogP contribution is -2.32. The fourth-order valence-corrected chi connectivity index (χ4v) is 3.00. The highest BCUT2D eigenvalue weighted by Gasteiger charge is 2.32. The van der Waals surface area contributed by atoms with Gasteiger partial charge in [0.1, 0.15) is 35.5 Å². The fraction of sp³-hybridized carbons (Fsp3) is 0.273. The van der Waals surface area contributed by atoms with Crippen LogP contribution in [0.3, 0.4) is 0 Å². The Kier molecular flexibility index (Phi) is 6.32. The molecule has 0 fully saturated rings. The van der Waals surface area contributed by atoms with Crippen LogP contribution in [0.25, 0.3) is 0 Å². The summed E-state index contributed by atoms with van der Waals surface area (Å²) >= 11 is 0. The molecule has 1 amide bonds. The van der Waals surface area contributed by atoms with Gasteiger partial charge in [-0.05, 0) is 57.2 Å². The highest BCUT2D eigenvalue weighted by molar-refractivity contribution is 6.02. The third kappa shape index (κ3) is 5.24. The Morgan fingerprint density at radius 3 is 2.81 bits per heavy atom. The normalized spacial score (nSPS) is 17.9. The number of aromatic nitrogens is 1. The third-order valence-corrected chi connectivity index (χ3v) is 4.47. The van der Waals surface area contributed by atoms with Gasteiger partial charge in [0.2, 0.25) is 0 Å². The maximum absolute atomic E-state index is 14.7. The molecule has 2 aromatic rings. The molecule has 160 valence electrons. The molecule has 0 spiro atoms. The molecule has 0 radical (unpaired) electrons. The van der Waals surface area contributed by atoms with Gasteiger partial charge < -0.3 is 20.5 Å². The first kappa shape index (κ1) is 21.9. The van der Waals surface area contributed by atoms with Crippen molar-refractivity contribution in [2.24, 2.45) is 10.7 Å². The summed E-state index contributed by atoms with van der Waals surface area (Å²) in [6.07, 6.45) is 2.91. The van der Waals surface area contributed by atoms with Crippen LogP contribution < -0.4 is 11.1 Å². The number of nitrogens with one attached hydrogen (secondary N) is 1. The minimum Gasteiger partial charge on any atom is -0.429 e. The molecule has 0 saturated heterocycles. The summed E-state index contributed by atoms with van der Waals surface area (Å²) in [5.74, 6) is -0.598. The van der Waals surface area contributed by atoms with Crippen LogP contribution in [0.1, 0.15) is 42.4 Å². The molecule has 8 nitrogen and oxygen atoms in total. The lowest BCUT2D eigenvalue weighted by atomic mass is 9.90. The lowest BCUT2D eigenvalue weighted by Gasteiger charge is -2.29. The zero-order chi connectivity index (χ0) is 22.6. The van der Waals surface area contributed by atoms with Crippen LogP contribution in [-0.4, -0.2) is 29.6 Å². The second-order valence-corrected chi connectivity index (χ2v) is 7.36. The number of aliphatic imine (C=N–C) groups is 1. The Hall–Kier alpha value is -3.77. The minimum atomic E-state index is -1.16. The van der Waals surface area contributed by atoms with E-state index in [9.17, 15) is 9.18 Å². The molecule has 1 aromatic carbocycles. The van der Waals surface area contributed by atoms with Crippen LogP contribution in [0.2, 0.25) is 0 Å². The molecule has 1 aliphatic rings. The number of nitriles is 1. The van der Waals surface area contributed by atoms with Crippen LogP contribution in [0.4, 0.5) is 10.1 Å². The Morgan fingerprint density at radius 2 is 2.16 bits per heavy atom. The summed E-state index contributed by atoms with van der Waals surface area (Å²) in [7, 11) is 0. The molecule has 3 N–H and O–H groups in total. The number of ether oxygens (including phenoxy) is 2. The van der Waals surface area contributed by atoms with Crippen LogP contribution >= 0.6 is 0 Å². The SMILES string of the molecule is CC(C)OCC1=C[C@@](C)(c2cc(NC(=O)c3ccc(C#N)cn3)ccc2F)N=C(N)O1. The predicted molar refractivity (Wildman–Crippen MR) is 113 cm³/mol. The van der Waals surface area contributed by atoms with Gasteiger partial charge in [0.05, 0.1) is 11.7 Å². The van der Waals surface area contributed by atoms with Crippen molar-refractivity contribution in [3.05, 3.63) is 71.0 Å². The van der Waals surface area contributed by atoms with Gasteiger partial charge in [-0.25, -0.2) is 14.4 Å². The molecular formula is C22H22FN5O3. The number of benzene rings is 1. The van der Waals surface area contributed by atoms with Crippen molar-refractivity contribution in [3.8, 4) is 6.07 Å². The van der Waals surface area contributed by atoms with Gasteiger partial charge in [0.15, 0.2) is 0 Å². The van der Waals surface area contributed by atoms with Gasteiger partial charge in [-0.3, -0.25) is 4.79 Å². The van der Waals surface area contributed by atoms with Gasteiger partial charge in [0.25, 0.3) is 11.9 Å². The Labute approximate surface area is 179 Å². The minimum absolute atomic E-state index is 0.0260. The number of nitrogens with zero attached hydrogens (tertiary/aromatic N) is 3. The number of halogens is 1. The summed E-state index contributed by atoms with van der Waals surface area (Å²) in [4.78, 5) is 20.7. The van der Waals surface area contributed by atoms with Crippen LogP contribution in [0, 0.1) is 17.1 Å². The molecule has 0 saturated carbocycles. The smallest absolute Gasteiger partial charge is 0.288 e. The zero-order valence-electron chi connectivity index (χ0n) is 17.3. The lowest BCUT2D eigenvalue weighted by molar-refractivity contribution is 0.0759. The van der Waals surface area contributed by atoms with Gasteiger partial charge in [-0.15, -0.1) is 0 Å². The summed E-state index contributed by atoms with van der Waals surface area (Å²) in [6.45, 7) is 5.61. The number of anilines is 1. The summed E-state index contributed by atoms with van der Waals surface area (Å²) in [5, 5.41) is 11.5. The van der Waals surface area contributed by atoms with E-state index in [-0.39, 0.29) is 30.0 Å². The van der Waals surface area contributed by atoms with E-state index >= 15 is 0 Å². The van der Waals surface area contributed by atoms with E-state index in [4.69, 9.17) is 20.5 Å². The summed E-state index contributed by atoms with van der Waals surface area (Å²) in [5.41, 5.74) is 5.68. The van der Waals surface area contributed by atoms with E-state index in [0.29, 0.717) is 17.0 Å². The van der Waals surface area contributed by atoms with Crippen molar-refractivity contribution in [2.75, 3.05) is 11.9 Å². The number of carbonyl (C=O) groups is 1. The predicted octanol–water partition coefficient (Wildman–Crippen LogP) is 3.21. The molecule has 1 atom stereocenters. The summed E-state index contributed by atoms with van der Waals surface area (Å²) < 4.78 is 25.7. The number of amidine groups is 1. The average molecular weight is 423 g/mol. The molecule has 1 aliphatic heterocycles. The molecule has 0 unspecified atom stereocenters. The molecule has 3 rings (SSSR count). The first-order valence-corrected chi connectivity index (χ1v) is 9.54. The van der Waals surface area contributed by atoms with Crippen LogP contribution in [-0.2, 0) is 15.0 Å². The Balaban J connectivity index is 1.88. The zero-order valence-corrected chi connectivity index (χ0v) is 17.3. The highest BCUT2D eigenvalue weighted by Crippen LogP contribution is 2.35. The van der Waals surface area contributed by atoms with Gasteiger partial charge in [-0.2, -0.15) is 5.26 Å². The largest absolute Gasteiger partial charge is 0.429 e. The van der Waals surface area contributed by atoms with Gasteiger partial charge in [0, 0.05) is 17.4 Å². The fourth-order valence-electron chi connectivity index (χ4n) is 3.00. The van der Waals surface area contributed by atoms with E-state index in [2.05, 4.69) is 15.3 Å². The number of hydrogen-bond acceptors (Lipinski definition) is 7. The molecule has 2 heterocycles. The number of pyridine rings is 1. The standard InChI is InChI=1S/C22H22FN5O3/c1-13(2)30-12-16-9-22(3,28-21(25)31-16)17-8-15(5-6-18(17)23)27-20(29)19-7-4-14(10-24)11-26-19/h4-9,11,13H,12H2,1-3H3,(H2,25,28)(H,27,29)/t22-/m0/s1. The molecule has 9 heteroatoms. The monoisotopic (exact) mass is 423 g/mol. The Bertz CT molecular complexity index is 1090. The van der Waals surface area contributed by atoms with Gasteiger partial charge >= 0.3 is 0 Å². The summed E-state index contributed by atoms with van der Waals surface area (Å²) in [6, 6.07) is 8.91. The van der Waals surface area contributed by atoms with Crippen molar-refractivity contribution in [2.45, 2.75) is 32.4 Å². The number of nitrogens with two attached hydrogens (primary N) is 1. The molecular weight excluding hydrogens is 401 g/mol. The van der Waals surface area contributed by atoms with Gasteiger partial charge in [-0.1, -0.05) is 0 Å². The molecule has 0 aliphatic carbocycles. The van der Waals surface area contributed by atoms with Crippen LogP contribution in [0.5, 0.6) is 0 Å². The van der Waals surface area contributed by atoms with E-state index in [1.807, 2.05) is 19.9 Å². The van der Waals surface area contributed by atoms with E-state index in [1.165, 1.54) is 36.5 Å². The second kappa shape index (κ2) is 8.93. The number of amides is 1. The highest BCUT2D eigenvalue weighted by atomic mass is 19.1. The van der Waals surface area contributed by atoms with E-state index < -0.39 is 17.3 Å². The average Bonchev–Trinajstić information content (AvgIpc) is 2.73. The van der Waals surface area contributed by atoms with Crippen molar-refractivity contribution >= 4 is 17.6 Å². The first-order valence-electron chi connectivity index (χ1n) is 9.54. The van der Waals surface area contributed by atoms with E-state index in [1.54, 1.807) is 13.0 Å². The Morgan fingerprint density at radius 1 is 1.39 bits per heavy atom. The molecule has 0 bridgehead atoms. The molecule has 31 heavy (non-hydrogen) atoms. The van der Waals surface area contributed by atoms with Crippen LogP contribution in [0.15, 0.2) is 53.4 Å². The van der Waals surface area contributed by atoms with Crippen molar-refractivity contribution < 1.29 is 18.7 Å².